The van der Waals surface area contributed by atoms with E-state index < -0.39 is 29.5 Å². The van der Waals surface area contributed by atoms with Gasteiger partial charge in [-0.05, 0) is 50.7 Å². The number of alkyl halides is 3. The summed E-state index contributed by atoms with van der Waals surface area (Å²) in [5.74, 6) is -4.82. The van der Waals surface area contributed by atoms with E-state index >= 15 is 0 Å². The number of phenolic OH excluding ortho intramolecular Hbond substituents is 1. The number of piperidine rings is 1. The minimum Gasteiger partial charge on any atom is -0.508 e. The van der Waals surface area contributed by atoms with Gasteiger partial charge < -0.3 is 20.4 Å². The van der Waals surface area contributed by atoms with Crippen LogP contribution in [-0.4, -0.2) is 63.5 Å². The SMILES string of the molecule is CN1CCC(C(=O)Nc2n[nH]c3ccc(-c4c(F)cc(O)cc4F)cc23)CC1.O=C(O)C(F)(F)F. The number of aromatic hydroxyl groups is 1. The van der Waals surface area contributed by atoms with Gasteiger partial charge in [0.25, 0.3) is 0 Å². The van der Waals surface area contributed by atoms with Gasteiger partial charge in [-0.1, -0.05) is 6.07 Å². The molecular weight excluding hydrogens is 479 g/mol. The van der Waals surface area contributed by atoms with E-state index in [1.165, 1.54) is 0 Å². The van der Waals surface area contributed by atoms with Crippen LogP contribution in [0.2, 0.25) is 0 Å². The van der Waals surface area contributed by atoms with Crippen molar-refractivity contribution >= 4 is 28.6 Å². The topological polar surface area (TPSA) is 119 Å². The zero-order valence-electron chi connectivity index (χ0n) is 18.3. The molecule has 2 heterocycles. The number of anilines is 1. The Hall–Kier alpha value is -3.74. The quantitative estimate of drug-likeness (QED) is 0.402. The third-order valence-electron chi connectivity index (χ3n) is 5.45. The van der Waals surface area contributed by atoms with Gasteiger partial charge in [-0.3, -0.25) is 9.89 Å². The summed E-state index contributed by atoms with van der Waals surface area (Å²) in [6.45, 7) is 1.73. The number of hydrogen-bond acceptors (Lipinski definition) is 5. The number of nitrogens with one attached hydrogen (secondary N) is 2. The fraction of sp³-hybridized carbons (Fsp3) is 0.318. The molecule has 2 aromatic carbocycles. The molecule has 0 aliphatic carbocycles. The number of halogens is 5. The first-order chi connectivity index (χ1) is 16.4. The number of carbonyl (C=O) groups is 2. The van der Waals surface area contributed by atoms with Crippen LogP contribution in [0.4, 0.5) is 27.8 Å². The molecule has 4 N–H and O–H groups in total. The number of carboxylic acid groups (broad SMARTS) is 1. The Kier molecular flexibility index (Phi) is 7.58. The van der Waals surface area contributed by atoms with Gasteiger partial charge in [0.1, 0.15) is 17.4 Å². The van der Waals surface area contributed by atoms with Gasteiger partial charge in [0.2, 0.25) is 5.91 Å². The number of fused-ring (bicyclic) bond motifs is 1. The highest BCUT2D eigenvalue weighted by Gasteiger charge is 2.38. The van der Waals surface area contributed by atoms with Crippen LogP contribution in [0.15, 0.2) is 30.3 Å². The summed E-state index contributed by atoms with van der Waals surface area (Å²) >= 11 is 0. The Morgan fingerprint density at radius 3 is 2.23 bits per heavy atom. The molecule has 0 saturated carbocycles. The molecule has 8 nitrogen and oxygen atoms in total. The number of phenols is 1. The Bertz CT molecular complexity index is 1210. The van der Waals surface area contributed by atoms with Crippen molar-refractivity contribution in [2.75, 3.05) is 25.5 Å². The molecule has 13 heteroatoms. The summed E-state index contributed by atoms with van der Waals surface area (Å²) in [6.07, 6.45) is -3.53. The van der Waals surface area contributed by atoms with Gasteiger partial charge in [-0.15, -0.1) is 0 Å². The average molecular weight is 500 g/mol. The second kappa shape index (κ2) is 10.3. The molecule has 1 aliphatic rings. The number of carbonyl (C=O) groups excluding carboxylic acids is 1. The number of nitrogens with zero attached hydrogens (tertiary/aromatic N) is 2. The molecule has 1 saturated heterocycles. The van der Waals surface area contributed by atoms with E-state index in [4.69, 9.17) is 9.90 Å². The molecule has 1 aliphatic heterocycles. The molecule has 1 fully saturated rings. The molecule has 0 spiro atoms. The first-order valence-electron chi connectivity index (χ1n) is 10.3. The highest BCUT2D eigenvalue weighted by atomic mass is 19.4. The summed E-state index contributed by atoms with van der Waals surface area (Å²) < 4.78 is 60.2. The van der Waals surface area contributed by atoms with E-state index in [0.29, 0.717) is 22.3 Å². The summed E-state index contributed by atoms with van der Waals surface area (Å²) in [5, 5.41) is 26.8. The van der Waals surface area contributed by atoms with Crippen LogP contribution in [0.5, 0.6) is 5.75 Å². The molecular formula is C22H21F5N4O4. The Balaban J connectivity index is 0.000000429. The predicted molar refractivity (Wildman–Crippen MR) is 116 cm³/mol. The number of H-pyrrole nitrogens is 1. The lowest BCUT2D eigenvalue weighted by Crippen LogP contribution is -2.36. The van der Waals surface area contributed by atoms with Crippen molar-refractivity contribution in [1.29, 1.82) is 0 Å². The van der Waals surface area contributed by atoms with Gasteiger partial charge in [-0.25, -0.2) is 13.6 Å². The first kappa shape index (κ1) is 25.9. The van der Waals surface area contributed by atoms with Crippen molar-refractivity contribution in [1.82, 2.24) is 15.1 Å². The van der Waals surface area contributed by atoms with E-state index in [1.54, 1.807) is 18.2 Å². The minimum atomic E-state index is -5.08. The summed E-state index contributed by atoms with van der Waals surface area (Å²) in [5.41, 5.74) is 0.689. The smallest absolute Gasteiger partial charge is 0.490 e. The molecule has 188 valence electrons. The van der Waals surface area contributed by atoms with Crippen LogP contribution >= 0.6 is 0 Å². The molecule has 0 atom stereocenters. The van der Waals surface area contributed by atoms with Crippen LogP contribution in [0.1, 0.15) is 12.8 Å². The highest BCUT2D eigenvalue weighted by molar-refractivity contribution is 6.01. The second-order valence-corrected chi connectivity index (χ2v) is 7.99. The number of hydrogen-bond donors (Lipinski definition) is 4. The summed E-state index contributed by atoms with van der Waals surface area (Å²) in [6, 6.07) is 6.50. The lowest BCUT2D eigenvalue weighted by molar-refractivity contribution is -0.192. The first-order valence-corrected chi connectivity index (χ1v) is 10.3. The summed E-state index contributed by atoms with van der Waals surface area (Å²) in [7, 11) is 2.03. The molecule has 0 unspecified atom stereocenters. The molecule has 1 aromatic heterocycles. The lowest BCUT2D eigenvalue weighted by Gasteiger charge is -2.27. The number of amides is 1. The largest absolute Gasteiger partial charge is 0.508 e. The van der Waals surface area contributed by atoms with Crippen LogP contribution < -0.4 is 5.32 Å². The van der Waals surface area contributed by atoms with Gasteiger partial charge >= 0.3 is 12.1 Å². The number of aromatic nitrogens is 2. The van der Waals surface area contributed by atoms with Gasteiger partial charge in [0, 0.05) is 23.4 Å². The number of aliphatic carboxylic acids is 1. The number of aromatic amines is 1. The summed E-state index contributed by atoms with van der Waals surface area (Å²) in [4.78, 5) is 23.7. The zero-order chi connectivity index (χ0) is 25.9. The molecule has 3 aromatic rings. The normalized spacial score (nSPS) is 14.9. The minimum absolute atomic E-state index is 0.0851. The number of likely N-dealkylation sites (tertiary alicyclic amines) is 1. The van der Waals surface area contributed by atoms with Gasteiger partial charge in [-0.2, -0.15) is 18.3 Å². The van der Waals surface area contributed by atoms with Crippen molar-refractivity contribution in [3.63, 3.8) is 0 Å². The third kappa shape index (κ3) is 6.23. The Morgan fingerprint density at radius 2 is 1.69 bits per heavy atom. The molecule has 0 bridgehead atoms. The molecule has 0 radical (unpaired) electrons. The van der Waals surface area contributed by atoms with Gasteiger partial charge in [0.05, 0.1) is 11.1 Å². The van der Waals surface area contributed by atoms with Crippen LogP contribution in [-0.2, 0) is 9.59 Å². The fourth-order valence-corrected chi connectivity index (χ4v) is 3.59. The van der Waals surface area contributed by atoms with E-state index in [9.17, 15) is 31.9 Å². The maximum Gasteiger partial charge on any atom is 0.490 e. The monoisotopic (exact) mass is 500 g/mol. The fourth-order valence-electron chi connectivity index (χ4n) is 3.59. The van der Waals surface area contributed by atoms with E-state index in [2.05, 4.69) is 20.4 Å². The van der Waals surface area contributed by atoms with Crippen molar-refractivity contribution in [2.45, 2.75) is 19.0 Å². The van der Waals surface area contributed by atoms with Crippen molar-refractivity contribution in [2.24, 2.45) is 5.92 Å². The van der Waals surface area contributed by atoms with Crippen LogP contribution in [0.25, 0.3) is 22.0 Å². The standard InChI is InChI=1S/C20H20F2N4O2.C2HF3O2/c1-26-6-4-11(5-7-26)20(28)23-19-14-8-12(2-3-17(14)24-25-19)18-15(21)9-13(27)10-16(18)22;3-2(4,5)1(6)7/h2-3,8-11,27H,4-7H2,1H3,(H2,23,24,25,28);(H,6,7). The van der Waals surface area contributed by atoms with Crippen molar-refractivity contribution in [3.05, 3.63) is 42.0 Å². The number of carboxylic acids is 1. The Morgan fingerprint density at radius 1 is 1.11 bits per heavy atom. The van der Waals surface area contributed by atoms with E-state index in [-0.39, 0.29) is 17.4 Å². The Labute approximate surface area is 195 Å². The van der Waals surface area contributed by atoms with Crippen molar-refractivity contribution in [3.8, 4) is 16.9 Å². The molecule has 4 rings (SSSR count). The van der Waals surface area contributed by atoms with Crippen molar-refractivity contribution < 1.29 is 41.8 Å². The van der Waals surface area contributed by atoms with Crippen LogP contribution in [0.3, 0.4) is 0 Å². The van der Waals surface area contributed by atoms with Crippen LogP contribution in [0, 0.1) is 17.6 Å². The third-order valence-corrected chi connectivity index (χ3v) is 5.45. The molecule has 1 amide bonds. The van der Waals surface area contributed by atoms with Gasteiger partial charge in [0.15, 0.2) is 5.82 Å². The average Bonchev–Trinajstić information content (AvgIpc) is 3.15. The molecule has 35 heavy (non-hydrogen) atoms. The van der Waals surface area contributed by atoms with E-state index in [1.807, 2.05) is 7.05 Å². The number of rotatable bonds is 3. The lowest BCUT2D eigenvalue weighted by atomic mass is 9.96. The maximum atomic E-state index is 14.2. The van der Waals surface area contributed by atoms with E-state index in [0.717, 1.165) is 38.1 Å². The number of benzene rings is 2. The highest BCUT2D eigenvalue weighted by Crippen LogP contribution is 2.33. The maximum absolute atomic E-state index is 14.2. The predicted octanol–water partition coefficient (Wildman–Crippen LogP) is 4.13. The zero-order valence-corrected chi connectivity index (χ0v) is 18.3. The second-order valence-electron chi connectivity index (χ2n) is 7.99.